The summed E-state index contributed by atoms with van der Waals surface area (Å²) in [6.07, 6.45) is -8.58. The standard InChI is InChI=1S/C61H90N2O23/c1-26-17-36-19-35(25-64)30(5)23-61(36)55(68)47(56(69)85-61)54(67)60(11)38(31(6)41(86-74)21-40(26)80-46-24-59(10,63(72)73)53(34(9)79-46)62-58(71)76-13)15-14-37-48(60)27(2)16-28(3)50(37)82-45-22-42(49(66)32(7)77-45)81-43-18-29(4)51(57(70)84-43)83-44-20-39(65)52(75-12)33(8)78-44/h14-15,17,19,27-30,32-34,36-46,48-53,57,64-67,70,74H,6,16,18,20-25H2,1-5,7-13H3,(H,62,71)/t27-,28-,29+,30+,32-,33-,34+,36+,37-,38-,39+,40-,41?,42+,43-,44-,45-,46-,48+,49-,50-,51-,52-,53-,57+,59-,60+,61-/m0/s1. The molecule has 1 unspecified atom stereocenters. The van der Waals surface area contributed by atoms with Gasteiger partial charge in [0.15, 0.2) is 37.1 Å². The molecule has 0 radical (unpaired) electrons. The Balaban J connectivity index is 1.02. The molecule has 0 aromatic rings. The second-order valence-corrected chi connectivity index (χ2v) is 26.3. The van der Waals surface area contributed by atoms with E-state index in [0.717, 1.165) is 7.11 Å². The first-order valence-electron chi connectivity index (χ1n) is 30.2. The van der Waals surface area contributed by atoms with Crippen LogP contribution in [0.1, 0.15) is 114 Å². The van der Waals surface area contributed by atoms with E-state index in [1.807, 2.05) is 26.8 Å². The topological polar surface area (TPSA) is 339 Å². The van der Waals surface area contributed by atoms with E-state index in [4.69, 9.17) is 57.0 Å². The Hall–Kier alpha value is -4.29. The summed E-state index contributed by atoms with van der Waals surface area (Å²) in [7, 11) is 2.63. The van der Waals surface area contributed by atoms with Gasteiger partial charge >= 0.3 is 12.1 Å². The number of fused-ring (bicyclic) bond motifs is 4. The van der Waals surface area contributed by atoms with Crippen molar-refractivity contribution >= 4 is 17.8 Å². The van der Waals surface area contributed by atoms with Gasteiger partial charge in [0.2, 0.25) is 11.3 Å². The van der Waals surface area contributed by atoms with Crippen LogP contribution in [-0.4, -0.2) is 190 Å². The van der Waals surface area contributed by atoms with Crippen molar-refractivity contribution in [3.05, 3.63) is 69.0 Å². The number of ketones is 1. The minimum Gasteiger partial charge on any atom is -0.511 e. The van der Waals surface area contributed by atoms with Gasteiger partial charge in [-0.05, 0) is 80.4 Å². The summed E-state index contributed by atoms with van der Waals surface area (Å²) in [6, 6.07) is -1.15. The molecule has 25 nitrogen and oxygen atoms in total. The number of allylic oxidation sites excluding steroid dienone is 2. The molecule has 6 fully saturated rings. The van der Waals surface area contributed by atoms with Crippen LogP contribution in [0.4, 0.5) is 4.79 Å². The maximum Gasteiger partial charge on any atom is 0.407 e. The van der Waals surface area contributed by atoms with Crippen LogP contribution in [0.2, 0.25) is 0 Å². The van der Waals surface area contributed by atoms with Crippen molar-refractivity contribution in [2.24, 2.45) is 52.8 Å². The Morgan fingerprint density at radius 2 is 1.44 bits per heavy atom. The van der Waals surface area contributed by atoms with E-state index in [9.17, 15) is 50.5 Å². The van der Waals surface area contributed by atoms with Crippen molar-refractivity contribution in [1.29, 1.82) is 0 Å². The van der Waals surface area contributed by atoms with Crippen LogP contribution >= 0.6 is 0 Å². The summed E-state index contributed by atoms with van der Waals surface area (Å²) >= 11 is 0. The Kier molecular flexibility index (Phi) is 19.9. The van der Waals surface area contributed by atoms with E-state index in [0.29, 0.717) is 17.6 Å². The van der Waals surface area contributed by atoms with E-state index in [-0.39, 0.29) is 68.5 Å². The third kappa shape index (κ3) is 12.1. The molecule has 482 valence electrons. The van der Waals surface area contributed by atoms with Gasteiger partial charge in [-0.1, -0.05) is 65.5 Å². The highest BCUT2D eigenvalue weighted by molar-refractivity contribution is 6.26. The molecule has 28 atom stereocenters. The minimum absolute atomic E-state index is 0.0374. The predicted octanol–water partition coefficient (Wildman–Crippen LogP) is 5.25. The second kappa shape index (κ2) is 25.9. The molecule has 0 aromatic carbocycles. The lowest BCUT2D eigenvalue weighted by atomic mass is 9.49. The number of Topliss-reactive ketones (excluding diaryl/α,β-unsaturated/α-hetero) is 1. The number of alkyl carbamates (subject to hydrolysis) is 1. The Morgan fingerprint density at radius 1 is 0.791 bits per heavy atom. The fourth-order valence-electron chi connectivity index (χ4n) is 15.9. The van der Waals surface area contributed by atoms with E-state index in [2.05, 4.69) is 11.9 Å². The van der Waals surface area contributed by atoms with Gasteiger partial charge in [-0.2, -0.15) is 0 Å². The number of amides is 1. The number of aliphatic hydroxyl groups excluding tert-OH is 5. The number of rotatable bonds is 13. The van der Waals surface area contributed by atoms with Crippen molar-refractivity contribution < 1.29 is 107 Å². The number of methoxy groups -OCH3 is 2. The van der Waals surface area contributed by atoms with Gasteiger partial charge < -0.3 is 83.0 Å². The molecule has 25 heteroatoms. The number of nitro groups is 1. The molecule has 5 heterocycles. The maximum absolute atomic E-state index is 15.6. The van der Waals surface area contributed by atoms with Gasteiger partial charge in [0, 0.05) is 74.2 Å². The summed E-state index contributed by atoms with van der Waals surface area (Å²) in [5.74, 6) is -6.78. The number of nitrogens with zero attached hydrogens (tertiary/aromatic N) is 1. The summed E-state index contributed by atoms with van der Waals surface area (Å²) in [6.45, 7) is 21.7. The van der Waals surface area contributed by atoms with E-state index in [1.165, 1.54) is 14.0 Å². The zero-order valence-electron chi connectivity index (χ0n) is 51.2. The third-order valence-corrected chi connectivity index (χ3v) is 20.6. The first kappa shape index (κ1) is 66.1. The molecule has 9 rings (SSSR count). The lowest BCUT2D eigenvalue weighted by molar-refractivity contribution is -0.584. The number of nitrogens with one attached hydrogen (secondary N) is 1. The van der Waals surface area contributed by atoms with Gasteiger partial charge in [-0.15, -0.1) is 0 Å². The normalized spacial score (nSPS) is 47.4. The number of carbonyl (C=O) groups excluding carboxylic acids is 3. The van der Waals surface area contributed by atoms with Gasteiger partial charge in [0.05, 0.1) is 62.9 Å². The van der Waals surface area contributed by atoms with Crippen molar-refractivity contribution in [2.75, 3.05) is 20.8 Å². The van der Waals surface area contributed by atoms with Crippen LogP contribution < -0.4 is 5.32 Å². The highest BCUT2D eigenvalue weighted by Crippen LogP contribution is 2.61. The van der Waals surface area contributed by atoms with Crippen LogP contribution in [0.5, 0.6) is 0 Å². The second-order valence-electron chi connectivity index (χ2n) is 26.3. The number of hydrogen-bond donors (Lipinski definition) is 7. The smallest absolute Gasteiger partial charge is 0.407 e. The molecule has 4 aliphatic carbocycles. The number of ether oxygens (including phenoxy) is 11. The van der Waals surface area contributed by atoms with Crippen molar-refractivity contribution in [2.45, 2.75) is 230 Å². The molecule has 1 spiro atoms. The van der Waals surface area contributed by atoms with Gasteiger partial charge in [-0.25, -0.2) is 14.5 Å². The summed E-state index contributed by atoms with van der Waals surface area (Å²) < 4.78 is 67.4. The molecule has 5 saturated heterocycles. The first-order valence-corrected chi connectivity index (χ1v) is 30.2. The quantitative estimate of drug-likeness (QED) is 0.0309. The van der Waals surface area contributed by atoms with E-state index >= 15 is 4.79 Å². The fraction of sp³-hybridized carbons (Fsp3) is 0.787. The van der Waals surface area contributed by atoms with E-state index in [1.54, 1.807) is 59.8 Å². The first-order chi connectivity index (χ1) is 40.5. The number of aliphatic hydroxyl groups is 5. The number of carbonyl (C=O) groups is 3. The largest absolute Gasteiger partial charge is 0.511 e. The summed E-state index contributed by atoms with van der Waals surface area (Å²) in [5, 5.41) is 83.9. The van der Waals surface area contributed by atoms with E-state index < -0.39 is 185 Å². The number of esters is 1. The van der Waals surface area contributed by atoms with Crippen molar-refractivity contribution in [3.63, 3.8) is 0 Å². The molecule has 5 aliphatic heterocycles. The Bertz CT molecular complexity index is 2640. The lowest BCUT2D eigenvalue weighted by Crippen LogP contribution is -2.65. The minimum atomic E-state index is -1.92. The SMILES string of the molecule is C=C1C(OO)C[C@H](O[C@H]2C[C@](C)([N+](=O)[O-])[C@@H](NC(=O)OC)[C@@H](C)O2)C(C)=C[C@@H]2C=C(CO)[C@H](C)C[C@]23OC(=O)C(=C(O)[C@@]2(C)[C@H]4[C@H](C=C[C@@H]12)[C@@H](O[C@H]1C[C@@H](O[C@@H]2C[C@@H](C)[C@H](O[C@H]5C[C@@H](O)[C@@H](OC)[C@H](C)O5)[C@H](O)O2)[C@@H](O)[C@H](C)O1)[C@@H](C)C[C@@H]4C)C3=O. The molecular formula is C61H90N2O23. The summed E-state index contributed by atoms with van der Waals surface area (Å²) in [4.78, 5) is 60.5. The van der Waals surface area contributed by atoms with Crippen LogP contribution in [0.25, 0.3) is 0 Å². The monoisotopic (exact) mass is 1220 g/mol. The number of hydrogen-bond acceptors (Lipinski definition) is 23. The molecule has 0 aromatic heterocycles. The maximum atomic E-state index is 15.6. The van der Waals surface area contributed by atoms with Gasteiger partial charge in [0.1, 0.15) is 41.8 Å². The predicted molar refractivity (Wildman–Crippen MR) is 300 cm³/mol. The molecule has 9 aliphatic rings. The molecular weight excluding hydrogens is 1130 g/mol. The van der Waals surface area contributed by atoms with Gasteiger partial charge in [0.25, 0.3) is 0 Å². The fourth-order valence-corrected chi connectivity index (χ4v) is 15.9. The summed E-state index contributed by atoms with van der Waals surface area (Å²) in [5.41, 5.74) is -4.72. The molecule has 1 amide bonds. The van der Waals surface area contributed by atoms with Crippen molar-refractivity contribution in [3.8, 4) is 0 Å². The molecule has 86 heavy (non-hydrogen) atoms. The van der Waals surface area contributed by atoms with Crippen LogP contribution in [0.3, 0.4) is 0 Å². The molecule has 7 N–H and O–H groups in total. The van der Waals surface area contributed by atoms with Crippen LogP contribution in [0, 0.1) is 62.9 Å². The zero-order chi connectivity index (χ0) is 62.8. The Labute approximate surface area is 501 Å². The van der Waals surface area contributed by atoms with Crippen LogP contribution in [-0.2, 0) is 66.6 Å². The Morgan fingerprint density at radius 3 is 2.08 bits per heavy atom. The lowest BCUT2D eigenvalue weighted by Gasteiger charge is -2.57. The molecule has 2 bridgehead atoms. The van der Waals surface area contributed by atoms with Crippen LogP contribution in [0.15, 0.2) is 58.9 Å². The average molecular weight is 1220 g/mol. The van der Waals surface area contributed by atoms with Crippen molar-refractivity contribution in [1.82, 2.24) is 5.32 Å². The zero-order valence-corrected chi connectivity index (χ0v) is 51.2. The van der Waals surface area contributed by atoms with Gasteiger partial charge in [-0.3, -0.25) is 20.2 Å². The highest BCUT2D eigenvalue weighted by Gasteiger charge is 2.65. The third-order valence-electron chi connectivity index (χ3n) is 20.6. The average Bonchev–Trinajstić information content (AvgIpc) is 1.33. The highest BCUT2D eigenvalue weighted by atomic mass is 17.1. The molecule has 1 saturated carbocycles.